The summed E-state index contributed by atoms with van der Waals surface area (Å²) in [6.45, 7) is 5.03. The first-order valence-corrected chi connectivity index (χ1v) is 9.29. The van der Waals surface area contributed by atoms with E-state index in [0.29, 0.717) is 25.7 Å². The first-order valence-electron chi connectivity index (χ1n) is 9.29. The number of carbonyl (C=O) groups excluding carboxylic acids is 1. The van der Waals surface area contributed by atoms with Crippen LogP contribution in [0.2, 0.25) is 0 Å². The number of nitrogens with one attached hydrogen (secondary N) is 1. The van der Waals surface area contributed by atoms with Crippen LogP contribution in [0.4, 0.5) is 0 Å². The van der Waals surface area contributed by atoms with Crippen molar-refractivity contribution in [2.45, 2.75) is 64.1 Å². The van der Waals surface area contributed by atoms with Crippen molar-refractivity contribution in [3.63, 3.8) is 0 Å². The third-order valence-electron chi connectivity index (χ3n) is 5.60. The summed E-state index contributed by atoms with van der Waals surface area (Å²) in [5.41, 5.74) is 1.08. The molecule has 1 fully saturated rings. The predicted molar refractivity (Wildman–Crippen MR) is 94.3 cm³/mol. The van der Waals surface area contributed by atoms with Crippen molar-refractivity contribution in [1.29, 1.82) is 0 Å². The zero-order valence-electron chi connectivity index (χ0n) is 15.7. The highest BCUT2D eigenvalue weighted by Crippen LogP contribution is 2.37. The maximum Gasteiger partial charge on any atom is 0.248 e. The van der Waals surface area contributed by atoms with Crippen molar-refractivity contribution >= 4 is 5.91 Å². The van der Waals surface area contributed by atoms with E-state index in [1.165, 1.54) is 12.8 Å². The van der Waals surface area contributed by atoms with Gasteiger partial charge in [-0.2, -0.15) is 5.10 Å². The van der Waals surface area contributed by atoms with Crippen molar-refractivity contribution in [2.24, 2.45) is 7.05 Å². The summed E-state index contributed by atoms with van der Waals surface area (Å²) in [5, 5.41) is 16.1. The van der Waals surface area contributed by atoms with E-state index < -0.39 is 5.54 Å². The molecule has 8 heteroatoms. The fraction of sp³-hybridized carbons (Fsp3) is 0.667. The third kappa shape index (κ3) is 2.82. The van der Waals surface area contributed by atoms with Crippen molar-refractivity contribution in [2.75, 3.05) is 6.61 Å². The van der Waals surface area contributed by atoms with E-state index >= 15 is 0 Å². The monoisotopic (exact) mass is 358 g/mol. The molecule has 140 valence electrons. The average molecular weight is 358 g/mol. The normalized spacial score (nSPS) is 23.2. The number of carbonyl (C=O) groups is 1. The molecule has 26 heavy (non-hydrogen) atoms. The minimum Gasteiger partial charge on any atom is -0.370 e. The van der Waals surface area contributed by atoms with Crippen molar-refractivity contribution in [3.05, 3.63) is 29.1 Å². The lowest BCUT2D eigenvalue weighted by molar-refractivity contribution is -0.135. The topological polar surface area (TPSA) is 86.9 Å². The molecule has 0 spiro atoms. The predicted octanol–water partition coefficient (Wildman–Crippen LogP) is 1.54. The number of hydrogen-bond acceptors (Lipinski definition) is 5. The zero-order chi connectivity index (χ0) is 18.3. The summed E-state index contributed by atoms with van der Waals surface area (Å²) in [6.07, 6.45) is 4.66. The maximum absolute atomic E-state index is 13.1. The number of fused-ring (bicyclic) bond motifs is 1. The number of rotatable bonds is 4. The fourth-order valence-electron chi connectivity index (χ4n) is 4.17. The summed E-state index contributed by atoms with van der Waals surface area (Å²) in [7, 11) is 1.88. The Morgan fingerprint density at radius 1 is 1.38 bits per heavy atom. The first kappa shape index (κ1) is 17.2. The Morgan fingerprint density at radius 2 is 2.15 bits per heavy atom. The number of amides is 1. The van der Waals surface area contributed by atoms with E-state index in [1.807, 2.05) is 31.5 Å². The Balaban J connectivity index is 1.59. The number of aryl methyl sites for hydroxylation is 2. The third-order valence-corrected chi connectivity index (χ3v) is 5.60. The Morgan fingerprint density at radius 3 is 2.85 bits per heavy atom. The molecule has 2 aliphatic rings. The molecule has 0 radical (unpaired) electrons. The van der Waals surface area contributed by atoms with Crippen LogP contribution in [0.25, 0.3) is 0 Å². The van der Waals surface area contributed by atoms with Gasteiger partial charge in [-0.15, -0.1) is 10.2 Å². The molecule has 0 bridgehead atoms. The second-order valence-corrected chi connectivity index (χ2v) is 7.64. The van der Waals surface area contributed by atoms with Crippen molar-refractivity contribution in [3.8, 4) is 0 Å². The quantitative estimate of drug-likeness (QED) is 0.896. The first-order chi connectivity index (χ1) is 12.5. The van der Waals surface area contributed by atoms with E-state index in [9.17, 15) is 4.79 Å². The summed E-state index contributed by atoms with van der Waals surface area (Å²) in [4.78, 5) is 13.1. The summed E-state index contributed by atoms with van der Waals surface area (Å²) >= 11 is 0. The molecule has 8 nitrogen and oxygen atoms in total. The molecule has 1 saturated carbocycles. The molecule has 4 rings (SSSR count). The van der Waals surface area contributed by atoms with Crippen LogP contribution in [0.15, 0.2) is 6.07 Å². The molecule has 1 amide bonds. The molecule has 1 atom stereocenters. The lowest BCUT2D eigenvalue weighted by Gasteiger charge is -2.35. The van der Waals surface area contributed by atoms with E-state index in [2.05, 4.69) is 20.6 Å². The minimum atomic E-state index is -0.831. The van der Waals surface area contributed by atoms with Crippen LogP contribution >= 0.6 is 0 Å². The van der Waals surface area contributed by atoms with Crippen LogP contribution in [0.5, 0.6) is 0 Å². The lowest BCUT2D eigenvalue weighted by atomic mass is 9.97. The highest BCUT2D eigenvalue weighted by molar-refractivity contribution is 5.84. The van der Waals surface area contributed by atoms with Gasteiger partial charge in [-0.05, 0) is 32.8 Å². The second kappa shape index (κ2) is 6.50. The Bertz CT molecular complexity index is 820. The van der Waals surface area contributed by atoms with Crippen LogP contribution in [-0.2, 0) is 35.3 Å². The molecule has 3 heterocycles. The van der Waals surface area contributed by atoms with Crippen LogP contribution in [0.1, 0.15) is 61.6 Å². The van der Waals surface area contributed by atoms with Gasteiger partial charge in [-0.25, -0.2) is 0 Å². The molecule has 2 aromatic heterocycles. The van der Waals surface area contributed by atoms with Crippen LogP contribution < -0.4 is 5.32 Å². The van der Waals surface area contributed by atoms with Gasteiger partial charge in [-0.1, -0.05) is 12.8 Å². The average Bonchev–Trinajstić information content (AvgIpc) is 3.32. The van der Waals surface area contributed by atoms with Crippen LogP contribution in [0, 0.1) is 6.92 Å². The standard InChI is InChI=1S/C18H26N6O2/c1-12-8-14(23(3)22-12)9-19-17(25)18(2)11-26-10-15-20-21-16(24(15)18)13-6-4-5-7-13/h8,13H,4-7,9-11H2,1-3H3,(H,19,25). The lowest BCUT2D eigenvalue weighted by Crippen LogP contribution is -2.53. The van der Waals surface area contributed by atoms with Gasteiger partial charge >= 0.3 is 0 Å². The molecule has 1 unspecified atom stereocenters. The molecule has 2 aromatic rings. The van der Waals surface area contributed by atoms with Gasteiger partial charge in [0.2, 0.25) is 5.91 Å². The van der Waals surface area contributed by atoms with Gasteiger partial charge in [0.25, 0.3) is 0 Å². The number of hydrogen-bond donors (Lipinski definition) is 1. The molecule has 1 aliphatic heterocycles. The molecule has 0 saturated heterocycles. The number of ether oxygens (including phenoxy) is 1. The molecule has 1 N–H and O–H groups in total. The Labute approximate surface area is 152 Å². The summed E-state index contributed by atoms with van der Waals surface area (Å²) < 4.78 is 9.52. The Kier molecular flexibility index (Phi) is 4.30. The SMILES string of the molecule is Cc1cc(CNC(=O)C2(C)COCc3nnc(C4CCCC4)n32)n(C)n1. The molecular weight excluding hydrogens is 332 g/mol. The van der Waals surface area contributed by atoms with E-state index in [4.69, 9.17) is 4.74 Å². The smallest absolute Gasteiger partial charge is 0.248 e. The van der Waals surface area contributed by atoms with Crippen LogP contribution in [0.3, 0.4) is 0 Å². The highest BCUT2D eigenvalue weighted by Gasteiger charge is 2.43. The number of aromatic nitrogens is 5. The summed E-state index contributed by atoms with van der Waals surface area (Å²) in [6, 6.07) is 1.98. The van der Waals surface area contributed by atoms with Gasteiger partial charge in [0.05, 0.1) is 24.5 Å². The van der Waals surface area contributed by atoms with Crippen molar-refractivity contribution < 1.29 is 9.53 Å². The molecular formula is C18H26N6O2. The van der Waals surface area contributed by atoms with E-state index in [1.54, 1.807) is 4.68 Å². The number of nitrogens with zero attached hydrogens (tertiary/aromatic N) is 5. The highest BCUT2D eigenvalue weighted by atomic mass is 16.5. The molecule has 0 aromatic carbocycles. The maximum atomic E-state index is 13.1. The Hall–Kier alpha value is -2.22. The molecule has 1 aliphatic carbocycles. The van der Waals surface area contributed by atoms with Gasteiger partial charge < -0.3 is 10.1 Å². The summed E-state index contributed by atoms with van der Waals surface area (Å²) in [5.74, 6) is 2.00. The van der Waals surface area contributed by atoms with Gasteiger partial charge in [-0.3, -0.25) is 14.0 Å². The van der Waals surface area contributed by atoms with Crippen LogP contribution in [-0.4, -0.2) is 37.1 Å². The fourth-order valence-corrected chi connectivity index (χ4v) is 4.17. The van der Waals surface area contributed by atoms with E-state index in [0.717, 1.165) is 35.9 Å². The van der Waals surface area contributed by atoms with E-state index in [-0.39, 0.29) is 5.91 Å². The van der Waals surface area contributed by atoms with Crippen molar-refractivity contribution in [1.82, 2.24) is 29.9 Å². The zero-order valence-corrected chi connectivity index (χ0v) is 15.7. The largest absolute Gasteiger partial charge is 0.370 e. The van der Waals surface area contributed by atoms with Gasteiger partial charge in [0.15, 0.2) is 5.82 Å². The second-order valence-electron chi connectivity index (χ2n) is 7.64. The van der Waals surface area contributed by atoms with Gasteiger partial charge in [0.1, 0.15) is 18.0 Å². The van der Waals surface area contributed by atoms with Gasteiger partial charge in [0, 0.05) is 13.0 Å². The minimum absolute atomic E-state index is 0.0728.